The van der Waals surface area contributed by atoms with Crippen LogP contribution in [0.1, 0.15) is 42.7 Å². The van der Waals surface area contributed by atoms with Gasteiger partial charge in [0.25, 0.3) is 0 Å². The lowest BCUT2D eigenvalue weighted by Crippen LogP contribution is -2.28. The summed E-state index contributed by atoms with van der Waals surface area (Å²) in [5.74, 6) is 0.785. The van der Waals surface area contributed by atoms with Gasteiger partial charge in [0, 0.05) is 11.5 Å². The van der Waals surface area contributed by atoms with Gasteiger partial charge in [0.2, 0.25) is 5.52 Å². The number of aryl methyl sites for hydroxylation is 2. The van der Waals surface area contributed by atoms with Crippen LogP contribution >= 0.6 is 0 Å². The third-order valence-corrected chi connectivity index (χ3v) is 5.11. The topological polar surface area (TPSA) is 3.88 Å². The van der Waals surface area contributed by atoms with E-state index in [1.807, 2.05) is 0 Å². The summed E-state index contributed by atoms with van der Waals surface area (Å²) in [6.45, 7) is 2.27. The van der Waals surface area contributed by atoms with Crippen molar-refractivity contribution >= 4 is 21.7 Å². The summed E-state index contributed by atoms with van der Waals surface area (Å²) < 4.78 is 2.25. The molecule has 1 nitrogen and oxygen atoms in total. The van der Waals surface area contributed by atoms with Gasteiger partial charge in [-0.1, -0.05) is 31.0 Å². The molecule has 106 valence electrons. The zero-order valence-corrected chi connectivity index (χ0v) is 12.9. The Morgan fingerprint density at radius 2 is 1.76 bits per heavy atom. The average molecular weight is 276 g/mol. The molecule has 21 heavy (non-hydrogen) atoms. The number of aromatic nitrogens is 1. The van der Waals surface area contributed by atoms with E-state index in [4.69, 9.17) is 0 Å². The quantitative estimate of drug-likeness (QED) is 0.445. The zero-order chi connectivity index (χ0) is 14.4. The van der Waals surface area contributed by atoms with Crippen LogP contribution < -0.4 is 4.57 Å². The predicted octanol–water partition coefficient (Wildman–Crippen LogP) is 4.78. The Morgan fingerprint density at radius 1 is 1.00 bits per heavy atom. The molecule has 0 unspecified atom stereocenters. The molecule has 0 amide bonds. The molecule has 3 aromatic rings. The SMILES string of the molecule is Cc1cc(C2CCCC2)cc2ccc3ccc[n+](C)c3c12. The highest BCUT2D eigenvalue weighted by Crippen LogP contribution is 2.37. The molecule has 0 spiro atoms. The van der Waals surface area contributed by atoms with Crippen LogP contribution in [0.4, 0.5) is 0 Å². The molecule has 4 rings (SSSR count). The molecule has 1 fully saturated rings. The van der Waals surface area contributed by atoms with Crippen molar-refractivity contribution < 1.29 is 4.57 Å². The molecular formula is C20H22N+. The third-order valence-electron chi connectivity index (χ3n) is 5.11. The van der Waals surface area contributed by atoms with Crippen molar-refractivity contribution in [3.8, 4) is 0 Å². The van der Waals surface area contributed by atoms with Gasteiger partial charge in [0.1, 0.15) is 7.05 Å². The Bertz CT molecular complexity index is 826. The minimum Gasteiger partial charge on any atom is -0.200 e. The highest BCUT2D eigenvalue weighted by atomic mass is 14.9. The highest BCUT2D eigenvalue weighted by Gasteiger charge is 2.19. The standard InChI is InChI=1S/C20H22N/c1-14-12-18(15-6-3-4-7-15)13-17-10-9-16-8-5-11-21(2)20(16)19(14)17/h5,8-13,15H,3-4,6-7H2,1-2H3/q+1. The number of fused-ring (bicyclic) bond motifs is 3. The number of hydrogen-bond donors (Lipinski definition) is 0. The van der Waals surface area contributed by atoms with E-state index in [1.165, 1.54) is 52.9 Å². The molecule has 1 heteroatoms. The van der Waals surface area contributed by atoms with E-state index in [9.17, 15) is 0 Å². The highest BCUT2D eigenvalue weighted by molar-refractivity contribution is 6.05. The number of benzene rings is 2. The number of pyridine rings is 1. The maximum absolute atomic E-state index is 2.44. The van der Waals surface area contributed by atoms with Crippen molar-refractivity contribution in [2.75, 3.05) is 0 Å². The summed E-state index contributed by atoms with van der Waals surface area (Å²) in [7, 11) is 2.14. The van der Waals surface area contributed by atoms with Gasteiger partial charge in [-0.25, -0.2) is 4.57 Å². The Hall–Kier alpha value is -1.89. The first-order valence-corrected chi connectivity index (χ1v) is 8.05. The van der Waals surface area contributed by atoms with E-state index < -0.39 is 0 Å². The molecule has 1 aliphatic rings. The lowest BCUT2D eigenvalue weighted by Gasteiger charge is -2.13. The molecule has 0 aliphatic heterocycles. The van der Waals surface area contributed by atoms with Gasteiger partial charge in [-0.2, -0.15) is 0 Å². The van der Waals surface area contributed by atoms with Crippen LogP contribution in [0, 0.1) is 6.92 Å². The lowest BCUT2D eigenvalue weighted by molar-refractivity contribution is -0.644. The van der Waals surface area contributed by atoms with Gasteiger partial charge >= 0.3 is 0 Å². The van der Waals surface area contributed by atoms with Crippen molar-refractivity contribution in [1.29, 1.82) is 0 Å². The molecular weight excluding hydrogens is 254 g/mol. The summed E-state index contributed by atoms with van der Waals surface area (Å²) in [4.78, 5) is 0. The maximum atomic E-state index is 2.44. The van der Waals surface area contributed by atoms with Crippen LogP contribution in [0.2, 0.25) is 0 Å². The second-order valence-electron chi connectivity index (χ2n) is 6.54. The van der Waals surface area contributed by atoms with Gasteiger partial charge in [-0.3, -0.25) is 0 Å². The first-order chi connectivity index (χ1) is 10.2. The van der Waals surface area contributed by atoms with Crippen LogP contribution in [0.5, 0.6) is 0 Å². The molecule has 0 atom stereocenters. The van der Waals surface area contributed by atoms with Crippen molar-refractivity contribution in [2.45, 2.75) is 38.5 Å². The largest absolute Gasteiger partial charge is 0.220 e. The Morgan fingerprint density at radius 3 is 2.57 bits per heavy atom. The summed E-state index contributed by atoms with van der Waals surface area (Å²) in [6, 6.07) is 13.8. The van der Waals surface area contributed by atoms with Gasteiger partial charge in [0.05, 0.1) is 5.39 Å². The molecule has 1 aromatic heterocycles. The van der Waals surface area contributed by atoms with Crippen LogP contribution in [0.15, 0.2) is 42.6 Å². The fourth-order valence-electron chi connectivity index (χ4n) is 4.06. The molecule has 2 aromatic carbocycles. The fraction of sp³-hybridized carbons (Fsp3) is 0.350. The third kappa shape index (κ3) is 2.03. The van der Waals surface area contributed by atoms with E-state index in [2.05, 4.69) is 61.1 Å². The number of rotatable bonds is 1. The van der Waals surface area contributed by atoms with Crippen LogP contribution in [0.25, 0.3) is 21.7 Å². The van der Waals surface area contributed by atoms with Crippen LogP contribution in [0.3, 0.4) is 0 Å². The van der Waals surface area contributed by atoms with E-state index in [0.717, 1.165) is 5.92 Å². The van der Waals surface area contributed by atoms with Gasteiger partial charge in [-0.05, 0) is 54.3 Å². The predicted molar refractivity (Wildman–Crippen MR) is 88.6 cm³/mol. The molecule has 0 radical (unpaired) electrons. The first kappa shape index (κ1) is 12.8. The molecule has 0 N–H and O–H groups in total. The molecule has 1 aliphatic carbocycles. The summed E-state index contributed by atoms with van der Waals surface area (Å²) in [5, 5.41) is 4.13. The zero-order valence-electron chi connectivity index (χ0n) is 12.9. The van der Waals surface area contributed by atoms with Crippen LogP contribution in [-0.4, -0.2) is 0 Å². The molecule has 0 saturated heterocycles. The Labute approximate surface area is 126 Å². The van der Waals surface area contributed by atoms with E-state index in [0.29, 0.717) is 0 Å². The number of hydrogen-bond acceptors (Lipinski definition) is 0. The average Bonchev–Trinajstić information content (AvgIpc) is 3.01. The van der Waals surface area contributed by atoms with Gasteiger partial charge < -0.3 is 0 Å². The second-order valence-corrected chi connectivity index (χ2v) is 6.54. The minimum absolute atomic E-state index is 0.785. The van der Waals surface area contributed by atoms with E-state index >= 15 is 0 Å². The normalized spacial score (nSPS) is 16.1. The molecule has 0 bridgehead atoms. The Balaban J connectivity index is 2.02. The number of nitrogens with zero attached hydrogens (tertiary/aromatic N) is 1. The van der Waals surface area contributed by atoms with Crippen molar-refractivity contribution in [3.05, 3.63) is 53.7 Å². The minimum atomic E-state index is 0.785. The van der Waals surface area contributed by atoms with Gasteiger partial charge in [0.15, 0.2) is 6.20 Å². The summed E-state index contributed by atoms with van der Waals surface area (Å²) in [6.07, 6.45) is 7.67. The maximum Gasteiger partial charge on any atom is 0.220 e. The van der Waals surface area contributed by atoms with Crippen molar-refractivity contribution in [1.82, 2.24) is 0 Å². The fourth-order valence-corrected chi connectivity index (χ4v) is 4.06. The second kappa shape index (κ2) is 4.84. The molecule has 1 heterocycles. The van der Waals surface area contributed by atoms with Crippen molar-refractivity contribution in [3.63, 3.8) is 0 Å². The van der Waals surface area contributed by atoms with Gasteiger partial charge in [-0.15, -0.1) is 0 Å². The van der Waals surface area contributed by atoms with E-state index in [1.54, 1.807) is 5.56 Å². The monoisotopic (exact) mass is 276 g/mol. The summed E-state index contributed by atoms with van der Waals surface area (Å²) in [5.41, 5.74) is 4.32. The smallest absolute Gasteiger partial charge is 0.200 e. The lowest BCUT2D eigenvalue weighted by atomic mass is 9.91. The van der Waals surface area contributed by atoms with Crippen molar-refractivity contribution in [2.24, 2.45) is 7.05 Å². The van der Waals surface area contributed by atoms with E-state index in [-0.39, 0.29) is 0 Å². The first-order valence-electron chi connectivity index (χ1n) is 8.05. The summed E-state index contributed by atoms with van der Waals surface area (Å²) >= 11 is 0. The Kier molecular flexibility index (Phi) is 2.95. The van der Waals surface area contributed by atoms with Crippen LogP contribution in [-0.2, 0) is 7.05 Å². The molecule has 1 saturated carbocycles.